The zero-order valence-corrected chi connectivity index (χ0v) is 32.0. The van der Waals surface area contributed by atoms with Crippen LogP contribution < -0.4 is 9.13 Å². The summed E-state index contributed by atoms with van der Waals surface area (Å²) < 4.78 is 16.5. The maximum Gasteiger partial charge on any atom is 0.216 e. The van der Waals surface area contributed by atoms with E-state index in [1.54, 1.807) is 12.4 Å². The van der Waals surface area contributed by atoms with Crippen molar-refractivity contribution in [1.29, 1.82) is 0 Å². The summed E-state index contributed by atoms with van der Waals surface area (Å²) in [5, 5.41) is 3.24. The summed E-state index contributed by atoms with van der Waals surface area (Å²) in [6.07, 6.45) is 9.54. The van der Waals surface area contributed by atoms with Crippen molar-refractivity contribution in [3.63, 3.8) is 0 Å². The fraction of sp³-hybridized carbons (Fsp3) is 0.273. The lowest BCUT2D eigenvalue weighted by Crippen LogP contribution is -2.30. The Kier molecular flexibility index (Phi) is 14.8. The van der Waals surface area contributed by atoms with Crippen LogP contribution in [0.4, 0.5) is 0 Å². The lowest BCUT2D eigenvalue weighted by atomic mass is 10.0. The monoisotopic (exact) mass is 670 g/mol. The van der Waals surface area contributed by atoms with Crippen LogP contribution in [-0.4, -0.2) is 9.97 Å². The van der Waals surface area contributed by atoms with Gasteiger partial charge in [0.2, 0.25) is 11.4 Å². The second-order valence-corrected chi connectivity index (χ2v) is 10.6. The molecule has 0 aliphatic carbocycles. The van der Waals surface area contributed by atoms with Crippen molar-refractivity contribution in [2.45, 2.75) is 69.2 Å². The summed E-state index contributed by atoms with van der Waals surface area (Å²) >= 11 is 0. The minimum atomic E-state index is 0.831. The highest BCUT2D eigenvalue weighted by molar-refractivity contribution is 6.09. The van der Waals surface area contributed by atoms with Crippen LogP contribution in [0.1, 0.15) is 66.5 Å². The van der Waals surface area contributed by atoms with E-state index in [1.165, 1.54) is 11.1 Å². The Labute approximate surface area is 298 Å². The molecule has 6 nitrogen and oxygen atoms in total. The summed E-state index contributed by atoms with van der Waals surface area (Å²) in [7, 11) is 4.10. The zero-order chi connectivity index (χ0) is 36.8. The third kappa shape index (κ3) is 7.92. The molecule has 0 atom stereocenters. The number of pyridine rings is 4. The van der Waals surface area contributed by atoms with Crippen LogP contribution >= 0.6 is 0 Å². The van der Waals surface area contributed by atoms with Crippen molar-refractivity contribution in [1.82, 2.24) is 9.97 Å². The molecule has 50 heavy (non-hydrogen) atoms. The number of fused-ring (bicyclic) bond motifs is 6. The Morgan fingerprint density at radius 3 is 1.58 bits per heavy atom. The molecule has 8 rings (SSSR count). The number of furan rings is 2. The average Bonchev–Trinajstić information content (AvgIpc) is 3.74. The van der Waals surface area contributed by atoms with Gasteiger partial charge in [0.1, 0.15) is 30.8 Å². The average molecular weight is 671 g/mol. The Balaban J connectivity index is 0.000000226. The highest BCUT2D eigenvalue weighted by Gasteiger charge is 2.21. The smallest absolute Gasteiger partial charge is 0.216 e. The summed E-state index contributed by atoms with van der Waals surface area (Å²) in [4.78, 5) is 8.67. The van der Waals surface area contributed by atoms with Crippen molar-refractivity contribution >= 4 is 44.0 Å². The van der Waals surface area contributed by atoms with Crippen LogP contribution in [0.2, 0.25) is 0 Å². The van der Waals surface area contributed by atoms with Gasteiger partial charge in [-0.2, -0.15) is 0 Å². The van der Waals surface area contributed by atoms with Gasteiger partial charge in [-0.25, -0.2) is 9.13 Å². The molecule has 0 saturated carbocycles. The highest BCUT2D eigenvalue weighted by Crippen LogP contribution is 2.37. The normalized spacial score (nSPS) is 10.0. The van der Waals surface area contributed by atoms with Gasteiger partial charge in [0.05, 0.1) is 11.1 Å². The van der Waals surface area contributed by atoms with Gasteiger partial charge >= 0.3 is 0 Å². The van der Waals surface area contributed by atoms with Crippen LogP contribution in [-0.2, 0) is 14.1 Å². The Morgan fingerprint density at radius 2 is 1.02 bits per heavy atom. The number of aromatic nitrogens is 4. The Morgan fingerprint density at radius 1 is 0.500 bits per heavy atom. The molecule has 0 N–H and O–H groups in total. The molecule has 0 radical (unpaired) electrons. The van der Waals surface area contributed by atoms with Crippen molar-refractivity contribution < 1.29 is 18.0 Å². The molecule has 0 fully saturated rings. The van der Waals surface area contributed by atoms with Crippen molar-refractivity contribution in [3.05, 3.63) is 121 Å². The molecule has 0 amide bonds. The van der Waals surface area contributed by atoms with Gasteiger partial charge in [-0.1, -0.05) is 73.6 Å². The Bertz CT molecular complexity index is 2100. The molecule has 6 aromatic heterocycles. The summed E-state index contributed by atoms with van der Waals surface area (Å²) in [5.74, 6) is 0. The van der Waals surface area contributed by atoms with Gasteiger partial charge in [0.15, 0.2) is 23.6 Å². The first-order valence-corrected chi connectivity index (χ1v) is 17.9. The molecule has 0 saturated heterocycles. The molecular weight excluding hydrogens is 617 g/mol. The van der Waals surface area contributed by atoms with Crippen LogP contribution in [0.5, 0.6) is 0 Å². The molecule has 8 aromatic rings. The molecule has 0 unspecified atom stereocenters. The number of benzene rings is 2. The molecule has 260 valence electrons. The van der Waals surface area contributed by atoms with E-state index >= 15 is 0 Å². The summed E-state index contributed by atoms with van der Waals surface area (Å²) in [6.45, 7) is 20.2. The number of hydrogen-bond donors (Lipinski definition) is 0. The van der Waals surface area contributed by atoms with E-state index in [0.717, 1.165) is 66.5 Å². The van der Waals surface area contributed by atoms with E-state index in [4.69, 9.17) is 8.83 Å². The van der Waals surface area contributed by atoms with E-state index in [1.807, 2.05) is 91.9 Å². The molecular formula is C44H54N4O2+2. The standard InChI is InChI=1S/2C18H15N2O.4C2H6/c1-12-8-9-13-17-15(7-5-10-19-17)21-18(13)16(12)14-6-3-4-11-20(14)2;1-12-6-7-13-14-11-19-9-8-16(14)21-18(13)17(12)15-5-3-4-10-20(15)2;4*1-2/h2*3-11H,1-2H3;4*1-2H3/q2*+1;;;;. The predicted octanol–water partition coefficient (Wildman–Crippen LogP) is 11.7. The first-order valence-electron chi connectivity index (χ1n) is 17.9. The Hall–Kier alpha value is -5.36. The lowest BCUT2D eigenvalue weighted by Gasteiger charge is -2.04. The van der Waals surface area contributed by atoms with Crippen molar-refractivity contribution in [2.24, 2.45) is 14.1 Å². The van der Waals surface area contributed by atoms with Gasteiger partial charge < -0.3 is 8.83 Å². The molecule has 0 bridgehead atoms. The maximum absolute atomic E-state index is 6.12. The van der Waals surface area contributed by atoms with Crippen LogP contribution in [0, 0.1) is 13.8 Å². The molecule has 0 aliphatic rings. The zero-order valence-electron chi connectivity index (χ0n) is 32.0. The molecule has 6 heterocycles. The lowest BCUT2D eigenvalue weighted by molar-refractivity contribution is -0.660. The van der Waals surface area contributed by atoms with E-state index < -0.39 is 0 Å². The fourth-order valence-electron chi connectivity index (χ4n) is 5.74. The van der Waals surface area contributed by atoms with Gasteiger partial charge in [-0.15, -0.1) is 0 Å². The van der Waals surface area contributed by atoms with Gasteiger partial charge in [-0.3, -0.25) is 9.97 Å². The topological polar surface area (TPSA) is 59.8 Å². The van der Waals surface area contributed by atoms with Crippen LogP contribution in [0.15, 0.2) is 119 Å². The largest absolute Gasteiger partial charge is 0.455 e. The first kappa shape index (κ1) is 39.1. The minimum Gasteiger partial charge on any atom is -0.455 e. The number of nitrogens with zero attached hydrogens (tertiary/aromatic N) is 4. The summed E-state index contributed by atoms with van der Waals surface area (Å²) in [5.41, 5.74) is 11.4. The number of hydrogen-bond acceptors (Lipinski definition) is 4. The highest BCUT2D eigenvalue weighted by atomic mass is 16.3. The van der Waals surface area contributed by atoms with Gasteiger partial charge in [0.25, 0.3) is 0 Å². The first-order chi connectivity index (χ1) is 24.5. The van der Waals surface area contributed by atoms with Gasteiger partial charge in [-0.05, 0) is 61.4 Å². The van der Waals surface area contributed by atoms with Gasteiger partial charge in [0, 0.05) is 59.0 Å². The molecule has 0 aliphatic heterocycles. The molecule has 2 aromatic carbocycles. The van der Waals surface area contributed by atoms with E-state index in [0.29, 0.717) is 0 Å². The second kappa shape index (κ2) is 19.0. The van der Waals surface area contributed by atoms with Crippen LogP contribution in [0.3, 0.4) is 0 Å². The second-order valence-electron chi connectivity index (χ2n) is 10.6. The van der Waals surface area contributed by atoms with E-state index in [9.17, 15) is 0 Å². The fourth-order valence-corrected chi connectivity index (χ4v) is 5.74. The quantitative estimate of drug-likeness (QED) is 0.172. The van der Waals surface area contributed by atoms with Crippen molar-refractivity contribution in [2.75, 3.05) is 0 Å². The number of aryl methyl sites for hydroxylation is 4. The predicted molar refractivity (Wildman–Crippen MR) is 211 cm³/mol. The van der Waals surface area contributed by atoms with E-state index in [2.05, 4.69) is 108 Å². The third-order valence-corrected chi connectivity index (χ3v) is 7.88. The van der Waals surface area contributed by atoms with E-state index in [-0.39, 0.29) is 0 Å². The maximum atomic E-state index is 6.12. The SMILES string of the molecule is CC.CC.CC.CC.Cc1ccc2c(oc3cccnc32)c1-c1cccc[n+]1C.Cc1ccc2c(oc3ccncc32)c1-c1cccc[n+]1C. The number of rotatable bonds is 2. The molecule has 6 heteroatoms. The third-order valence-electron chi connectivity index (χ3n) is 7.88. The summed E-state index contributed by atoms with van der Waals surface area (Å²) in [6, 6.07) is 26.7. The minimum absolute atomic E-state index is 0.831. The molecule has 0 spiro atoms. The van der Waals surface area contributed by atoms with Crippen LogP contribution in [0.25, 0.3) is 66.5 Å². The van der Waals surface area contributed by atoms with Crippen molar-refractivity contribution in [3.8, 4) is 22.5 Å².